The van der Waals surface area contributed by atoms with Gasteiger partial charge in [0, 0.05) is 17.6 Å². The summed E-state index contributed by atoms with van der Waals surface area (Å²) in [5.74, 6) is -2.85. The van der Waals surface area contributed by atoms with Crippen LogP contribution >= 0.6 is 0 Å². The van der Waals surface area contributed by atoms with Gasteiger partial charge in [-0.1, -0.05) is 56.5 Å². The first kappa shape index (κ1) is 32.4. The van der Waals surface area contributed by atoms with E-state index in [1.54, 1.807) is 24.3 Å². The first-order valence-electron chi connectivity index (χ1n) is 16.4. The smallest absolute Gasteiger partial charge is 0.298 e. The average molecular weight is 653 g/mol. The molecule has 7 nitrogen and oxygen atoms in total. The molecule has 3 unspecified atom stereocenters. The van der Waals surface area contributed by atoms with Gasteiger partial charge in [-0.2, -0.15) is 13.5 Å². The number of piperidine rings is 1. The summed E-state index contributed by atoms with van der Waals surface area (Å²) < 4.78 is 74.5. The van der Waals surface area contributed by atoms with Crippen LogP contribution in [0.25, 0.3) is 0 Å². The normalized spacial score (nSPS) is 22.8. The molecule has 2 heterocycles. The number of carbonyl (C=O) groups excluding carboxylic acids is 1. The molecule has 3 aliphatic rings. The van der Waals surface area contributed by atoms with Crippen molar-refractivity contribution in [2.45, 2.75) is 93.7 Å². The molecule has 3 atom stereocenters. The van der Waals surface area contributed by atoms with Gasteiger partial charge in [-0.15, -0.1) is 0 Å². The van der Waals surface area contributed by atoms with Crippen molar-refractivity contribution >= 4 is 15.9 Å². The lowest BCUT2D eigenvalue weighted by atomic mass is 9.90. The number of sulfonamides is 1. The molecule has 1 saturated carbocycles. The van der Waals surface area contributed by atoms with Gasteiger partial charge in [0.05, 0.1) is 11.5 Å². The second-order valence-corrected chi connectivity index (χ2v) is 14.8. The Morgan fingerprint density at radius 2 is 1.52 bits per heavy atom. The summed E-state index contributed by atoms with van der Waals surface area (Å²) in [5, 5.41) is 0. The maximum atomic E-state index is 16.6. The van der Waals surface area contributed by atoms with E-state index in [2.05, 4.69) is 11.6 Å². The van der Waals surface area contributed by atoms with Crippen LogP contribution in [0.1, 0.15) is 70.3 Å². The van der Waals surface area contributed by atoms with Crippen molar-refractivity contribution in [1.82, 2.24) is 9.62 Å². The fourth-order valence-corrected chi connectivity index (χ4v) is 8.49. The zero-order chi connectivity index (χ0) is 32.3. The molecule has 246 valence electrons. The summed E-state index contributed by atoms with van der Waals surface area (Å²) in [6.07, 6.45) is 8.67. The molecule has 1 amide bonds. The molecule has 0 radical (unpaired) electrons. The first-order chi connectivity index (χ1) is 22.1. The Morgan fingerprint density at radius 1 is 0.870 bits per heavy atom. The highest BCUT2D eigenvalue weighted by molar-refractivity contribution is 7.89. The number of nitrogens with one attached hydrogen (secondary N) is 1. The standard InChI is InChI=1S/C36H42F2N2O5S/c1-25-21-28-15-16-29(22-25)40(28)35(41)34(36(37,38)27-11-8-14-32(23-27)45-31-12-6-3-7-13-31)39-46(42,43)33-19-17-30(18-20-33)44-24-26-9-4-2-5-10-26/h3,6-8,11-14,17-20,23,25-26,28-29,34,39H,2,4-5,9-10,15-16,21-22,24H2,1H3. The molecule has 1 N–H and O–H groups in total. The molecule has 3 aromatic rings. The lowest BCUT2D eigenvalue weighted by molar-refractivity contribution is -0.149. The van der Waals surface area contributed by atoms with Gasteiger partial charge < -0.3 is 14.4 Å². The number of ether oxygens (including phenoxy) is 2. The average Bonchev–Trinajstić information content (AvgIpc) is 3.34. The number of halogens is 2. The molecule has 1 aliphatic carbocycles. The number of hydrogen-bond donors (Lipinski definition) is 1. The van der Waals surface area contributed by atoms with Crippen LogP contribution in [0.3, 0.4) is 0 Å². The zero-order valence-corrected chi connectivity index (χ0v) is 26.9. The Bertz CT molecular complexity index is 1580. The lowest BCUT2D eigenvalue weighted by Crippen LogP contribution is -2.59. The number of benzene rings is 3. The van der Waals surface area contributed by atoms with Crippen LogP contribution in [0.2, 0.25) is 0 Å². The van der Waals surface area contributed by atoms with Gasteiger partial charge in [0.2, 0.25) is 15.9 Å². The number of para-hydroxylation sites is 1. The maximum absolute atomic E-state index is 16.6. The molecule has 2 bridgehead atoms. The molecule has 0 aromatic heterocycles. The van der Waals surface area contributed by atoms with Crippen LogP contribution in [0.4, 0.5) is 8.78 Å². The minimum atomic E-state index is -4.53. The van der Waals surface area contributed by atoms with Crippen LogP contribution < -0.4 is 14.2 Å². The number of amides is 1. The fourth-order valence-electron chi connectivity index (χ4n) is 7.30. The highest BCUT2D eigenvalue weighted by Gasteiger charge is 2.53. The summed E-state index contributed by atoms with van der Waals surface area (Å²) in [4.78, 5) is 15.4. The van der Waals surface area contributed by atoms with Gasteiger partial charge >= 0.3 is 0 Å². The molecule has 46 heavy (non-hydrogen) atoms. The summed E-state index contributed by atoms with van der Waals surface area (Å²) in [6, 6.07) is 17.0. The van der Waals surface area contributed by atoms with Crippen molar-refractivity contribution in [3.63, 3.8) is 0 Å². The minimum Gasteiger partial charge on any atom is -0.493 e. The summed E-state index contributed by atoms with van der Waals surface area (Å²) in [5.41, 5.74) is -0.522. The second-order valence-electron chi connectivity index (χ2n) is 13.1. The third-order valence-corrected chi connectivity index (χ3v) is 11.1. The number of fused-ring (bicyclic) bond motifs is 2. The Balaban J connectivity index is 1.26. The van der Waals surface area contributed by atoms with E-state index in [-0.39, 0.29) is 22.7 Å². The topological polar surface area (TPSA) is 84.9 Å². The van der Waals surface area contributed by atoms with Crippen molar-refractivity contribution in [2.75, 3.05) is 6.61 Å². The molecule has 3 aromatic carbocycles. The first-order valence-corrected chi connectivity index (χ1v) is 17.9. The van der Waals surface area contributed by atoms with Gasteiger partial charge in [0.1, 0.15) is 17.2 Å². The number of carbonyl (C=O) groups is 1. The van der Waals surface area contributed by atoms with Crippen LogP contribution in [0.5, 0.6) is 17.2 Å². The van der Waals surface area contributed by atoms with E-state index in [9.17, 15) is 13.2 Å². The van der Waals surface area contributed by atoms with Gasteiger partial charge in [-0.3, -0.25) is 4.79 Å². The predicted molar refractivity (Wildman–Crippen MR) is 172 cm³/mol. The molecule has 2 saturated heterocycles. The van der Waals surface area contributed by atoms with Crippen molar-refractivity contribution in [1.29, 1.82) is 0 Å². The van der Waals surface area contributed by atoms with Gasteiger partial charge in [-0.25, -0.2) is 8.42 Å². The van der Waals surface area contributed by atoms with Crippen LogP contribution in [-0.4, -0.2) is 44.0 Å². The van der Waals surface area contributed by atoms with Crippen LogP contribution in [0, 0.1) is 11.8 Å². The largest absolute Gasteiger partial charge is 0.493 e. The van der Waals surface area contributed by atoms with Gasteiger partial charge in [0.15, 0.2) is 6.04 Å². The van der Waals surface area contributed by atoms with E-state index in [1.807, 2.05) is 6.07 Å². The summed E-state index contributed by atoms with van der Waals surface area (Å²) >= 11 is 0. The zero-order valence-electron chi connectivity index (χ0n) is 26.1. The van der Waals surface area contributed by atoms with E-state index in [0.717, 1.165) is 18.9 Å². The Hall–Kier alpha value is -3.50. The Kier molecular flexibility index (Phi) is 9.66. The maximum Gasteiger partial charge on any atom is 0.298 e. The number of nitrogens with zero attached hydrogens (tertiary/aromatic N) is 1. The van der Waals surface area contributed by atoms with E-state index in [4.69, 9.17) is 9.47 Å². The van der Waals surface area contributed by atoms with E-state index in [1.165, 1.54) is 66.6 Å². The molecule has 6 rings (SSSR count). The Labute approximate surface area is 270 Å². The SMILES string of the molecule is CC1CC2CCC(C1)N2C(=O)C(NS(=O)(=O)c1ccc(OCC2CCCCC2)cc1)C(F)(F)c1cccc(Oc2ccccc2)c1. The minimum absolute atomic E-state index is 0.146. The van der Waals surface area contributed by atoms with Crippen molar-refractivity contribution < 1.29 is 31.5 Å². The van der Waals surface area contributed by atoms with Crippen LogP contribution in [-0.2, 0) is 20.7 Å². The molecule has 10 heteroatoms. The van der Waals surface area contributed by atoms with E-state index < -0.39 is 33.5 Å². The van der Waals surface area contributed by atoms with Gasteiger partial charge in [-0.05, 0) is 98.9 Å². The molecule has 2 aliphatic heterocycles. The van der Waals surface area contributed by atoms with Crippen molar-refractivity contribution in [3.05, 3.63) is 84.4 Å². The Morgan fingerprint density at radius 3 is 2.20 bits per heavy atom. The summed E-state index contributed by atoms with van der Waals surface area (Å²) in [7, 11) is -4.53. The third kappa shape index (κ3) is 7.23. The number of rotatable bonds is 11. The van der Waals surface area contributed by atoms with E-state index >= 15 is 8.78 Å². The third-order valence-electron chi connectivity index (χ3n) is 9.65. The monoisotopic (exact) mass is 652 g/mol. The molecular weight excluding hydrogens is 610 g/mol. The lowest BCUT2D eigenvalue weighted by Gasteiger charge is -2.41. The predicted octanol–water partition coefficient (Wildman–Crippen LogP) is 7.67. The molecule has 3 fully saturated rings. The fraction of sp³-hybridized carbons (Fsp3) is 0.472. The van der Waals surface area contributed by atoms with E-state index in [0.29, 0.717) is 55.6 Å². The van der Waals surface area contributed by atoms with Crippen molar-refractivity contribution in [2.24, 2.45) is 11.8 Å². The quantitative estimate of drug-likeness (QED) is 0.230. The van der Waals surface area contributed by atoms with Crippen molar-refractivity contribution in [3.8, 4) is 17.2 Å². The second kappa shape index (κ2) is 13.7. The number of alkyl halides is 2. The molecule has 0 spiro atoms. The highest BCUT2D eigenvalue weighted by Crippen LogP contribution is 2.42. The van der Waals surface area contributed by atoms with Crippen LogP contribution in [0.15, 0.2) is 83.8 Å². The highest BCUT2D eigenvalue weighted by atomic mass is 32.2. The summed E-state index contributed by atoms with van der Waals surface area (Å²) in [6.45, 7) is 2.65. The van der Waals surface area contributed by atoms with Gasteiger partial charge in [0.25, 0.3) is 5.92 Å². The number of hydrogen-bond acceptors (Lipinski definition) is 5. The molecular formula is C36H42F2N2O5S.